The van der Waals surface area contributed by atoms with Gasteiger partial charge in [0.2, 0.25) is 0 Å². The Morgan fingerprint density at radius 2 is 1.54 bits per heavy atom. The van der Waals surface area contributed by atoms with Crippen molar-refractivity contribution in [1.82, 2.24) is 20.3 Å². The molecule has 37 heavy (non-hydrogen) atoms. The van der Waals surface area contributed by atoms with Crippen LogP contribution in [0.2, 0.25) is 0 Å². The van der Waals surface area contributed by atoms with E-state index in [9.17, 15) is 18.3 Å². The van der Waals surface area contributed by atoms with Crippen LogP contribution in [0.4, 0.5) is 13.2 Å². The summed E-state index contributed by atoms with van der Waals surface area (Å²) in [6.07, 6.45) is -0.667. The van der Waals surface area contributed by atoms with E-state index in [0.717, 1.165) is 35.9 Å². The summed E-state index contributed by atoms with van der Waals surface area (Å²) < 4.78 is 40.6. The predicted molar refractivity (Wildman–Crippen MR) is 137 cm³/mol. The maximum Gasteiger partial charge on any atom is 0.433 e. The van der Waals surface area contributed by atoms with Crippen molar-refractivity contribution in [3.05, 3.63) is 113 Å². The second-order valence-corrected chi connectivity index (χ2v) is 8.96. The molecule has 0 spiro atoms. The minimum atomic E-state index is -4.62. The Hall–Kier alpha value is -3.62. The minimum absolute atomic E-state index is 0.0285. The number of aryl methyl sites for hydroxylation is 1. The van der Waals surface area contributed by atoms with Crippen LogP contribution in [0, 0.1) is 6.92 Å². The first-order valence-corrected chi connectivity index (χ1v) is 12.2. The number of aliphatic hydroxyl groups excluding tert-OH is 1. The highest BCUT2D eigenvalue weighted by Crippen LogP contribution is 2.32. The summed E-state index contributed by atoms with van der Waals surface area (Å²) in [6, 6.07) is 21.1. The number of aliphatic hydroxyl groups is 1. The molecule has 0 bridgehead atoms. The van der Waals surface area contributed by atoms with Gasteiger partial charge >= 0.3 is 6.18 Å². The van der Waals surface area contributed by atoms with Gasteiger partial charge in [0.1, 0.15) is 5.69 Å². The molecular weight excluding hydrogens is 477 g/mol. The second kappa shape index (κ2) is 12.1. The van der Waals surface area contributed by atoms with Gasteiger partial charge in [0.05, 0.1) is 11.8 Å². The Kier molecular flexibility index (Phi) is 8.63. The first kappa shape index (κ1) is 26.4. The third-order valence-corrected chi connectivity index (χ3v) is 6.14. The van der Waals surface area contributed by atoms with Crippen LogP contribution < -0.4 is 5.32 Å². The van der Waals surface area contributed by atoms with Gasteiger partial charge in [0.15, 0.2) is 0 Å². The fourth-order valence-corrected chi connectivity index (χ4v) is 4.16. The lowest BCUT2D eigenvalue weighted by atomic mass is 9.94. The summed E-state index contributed by atoms with van der Waals surface area (Å²) in [4.78, 5) is 12.8. The van der Waals surface area contributed by atoms with Crippen molar-refractivity contribution >= 4 is 0 Å². The van der Waals surface area contributed by atoms with Crippen molar-refractivity contribution in [1.29, 1.82) is 0 Å². The zero-order valence-electron chi connectivity index (χ0n) is 20.5. The number of hydrogen-bond donors (Lipinski definition) is 2. The number of rotatable bonds is 10. The van der Waals surface area contributed by atoms with Crippen LogP contribution in [0.15, 0.2) is 85.2 Å². The Morgan fingerprint density at radius 3 is 2.11 bits per heavy atom. The molecule has 0 saturated heterocycles. The van der Waals surface area contributed by atoms with E-state index in [4.69, 9.17) is 0 Å². The highest BCUT2D eigenvalue weighted by molar-refractivity contribution is 5.61. The number of halogens is 3. The SMILES string of the molecule is Cc1ccc(-c2cc([C@H](O)CNCCCC(c3ccccn3)c3ccccn3)cc(C(F)(F)F)n2)cc1. The van der Waals surface area contributed by atoms with E-state index in [0.29, 0.717) is 12.1 Å². The molecule has 0 radical (unpaired) electrons. The molecule has 5 nitrogen and oxygen atoms in total. The van der Waals surface area contributed by atoms with Crippen molar-refractivity contribution in [3.63, 3.8) is 0 Å². The van der Waals surface area contributed by atoms with Gasteiger partial charge in [-0.15, -0.1) is 0 Å². The van der Waals surface area contributed by atoms with Crippen molar-refractivity contribution in [2.24, 2.45) is 0 Å². The molecule has 0 fully saturated rings. The standard InChI is InChI=1S/C29H29F3N4O/c1-20-10-12-21(13-11-20)26-17-22(18-28(36-26)29(30,31)32)27(37)19-33-14-6-7-23(24-8-2-4-15-34-24)25-9-3-5-16-35-25/h2-5,8-13,15-18,23,27,33,37H,6-7,14,19H2,1H3/t27-/m1/s1. The fourth-order valence-electron chi connectivity index (χ4n) is 4.16. The predicted octanol–water partition coefficient (Wildman–Crippen LogP) is 6.10. The number of nitrogens with zero attached hydrogens (tertiary/aromatic N) is 3. The molecule has 192 valence electrons. The van der Waals surface area contributed by atoms with Gasteiger partial charge in [-0.25, -0.2) is 4.98 Å². The van der Waals surface area contributed by atoms with Crippen LogP contribution in [0.3, 0.4) is 0 Å². The van der Waals surface area contributed by atoms with Gasteiger partial charge < -0.3 is 10.4 Å². The number of pyridine rings is 3. The average molecular weight is 507 g/mol. The molecular formula is C29H29F3N4O. The summed E-state index contributed by atoms with van der Waals surface area (Å²) in [5.74, 6) is 0.0285. The molecule has 8 heteroatoms. The lowest BCUT2D eigenvalue weighted by molar-refractivity contribution is -0.141. The van der Waals surface area contributed by atoms with Gasteiger partial charge in [0, 0.05) is 41.8 Å². The maximum atomic E-state index is 13.5. The van der Waals surface area contributed by atoms with Crippen molar-refractivity contribution in [3.8, 4) is 11.3 Å². The van der Waals surface area contributed by atoms with Crippen LogP contribution >= 0.6 is 0 Å². The Labute approximate surface area is 214 Å². The van der Waals surface area contributed by atoms with E-state index < -0.39 is 18.0 Å². The number of benzene rings is 1. The molecule has 0 amide bonds. The van der Waals surface area contributed by atoms with Crippen LogP contribution in [-0.2, 0) is 6.18 Å². The number of alkyl halides is 3. The van der Waals surface area contributed by atoms with E-state index in [-0.39, 0.29) is 23.7 Å². The van der Waals surface area contributed by atoms with Gasteiger partial charge in [-0.2, -0.15) is 13.2 Å². The lowest BCUT2D eigenvalue weighted by Gasteiger charge is -2.18. The highest BCUT2D eigenvalue weighted by Gasteiger charge is 2.34. The first-order valence-electron chi connectivity index (χ1n) is 12.2. The number of hydrogen-bond acceptors (Lipinski definition) is 5. The molecule has 3 aromatic heterocycles. The van der Waals surface area contributed by atoms with Gasteiger partial charge in [-0.3, -0.25) is 9.97 Å². The monoisotopic (exact) mass is 506 g/mol. The molecule has 4 aromatic rings. The third kappa shape index (κ3) is 7.21. The van der Waals surface area contributed by atoms with E-state index in [1.54, 1.807) is 24.5 Å². The summed E-state index contributed by atoms with van der Waals surface area (Å²) >= 11 is 0. The van der Waals surface area contributed by atoms with Crippen LogP contribution in [0.5, 0.6) is 0 Å². The Balaban J connectivity index is 1.40. The van der Waals surface area contributed by atoms with Crippen LogP contribution in [0.25, 0.3) is 11.3 Å². The molecule has 0 saturated carbocycles. The summed E-state index contributed by atoms with van der Waals surface area (Å²) in [7, 11) is 0. The topological polar surface area (TPSA) is 70.9 Å². The zero-order chi connectivity index (χ0) is 26.3. The quantitative estimate of drug-likeness (QED) is 0.254. The van der Waals surface area contributed by atoms with E-state index >= 15 is 0 Å². The molecule has 2 N–H and O–H groups in total. The van der Waals surface area contributed by atoms with Crippen molar-refractivity contribution in [2.45, 2.75) is 38.0 Å². The molecule has 0 aliphatic heterocycles. The fraction of sp³-hybridized carbons (Fsp3) is 0.276. The van der Waals surface area contributed by atoms with E-state index in [1.165, 1.54) is 6.07 Å². The molecule has 0 aliphatic carbocycles. The second-order valence-electron chi connectivity index (χ2n) is 8.96. The molecule has 0 aliphatic rings. The van der Waals surface area contributed by atoms with Gasteiger partial charge in [0.25, 0.3) is 0 Å². The summed E-state index contributed by atoms with van der Waals surface area (Å²) in [5.41, 5.74) is 2.75. The molecule has 1 atom stereocenters. The Bertz CT molecular complexity index is 1230. The molecule has 3 heterocycles. The van der Waals surface area contributed by atoms with Gasteiger partial charge in [-0.05, 0) is 68.3 Å². The largest absolute Gasteiger partial charge is 0.433 e. The van der Waals surface area contributed by atoms with Crippen molar-refractivity contribution in [2.75, 3.05) is 13.1 Å². The Morgan fingerprint density at radius 1 is 0.892 bits per heavy atom. The minimum Gasteiger partial charge on any atom is -0.387 e. The van der Waals surface area contributed by atoms with Crippen LogP contribution in [0.1, 0.15) is 53.1 Å². The summed E-state index contributed by atoms with van der Waals surface area (Å²) in [5, 5.41) is 13.9. The molecule has 1 aromatic carbocycles. The van der Waals surface area contributed by atoms with Crippen LogP contribution in [-0.4, -0.2) is 33.1 Å². The van der Waals surface area contributed by atoms with Crippen molar-refractivity contribution < 1.29 is 18.3 Å². The van der Waals surface area contributed by atoms with Gasteiger partial charge in [-0.1, -0.05) is 42.0 Å². The molecule has 4 rings (SSSR count). The zero-order valence-corrected chi connectivity index (χ0v) is 20.5. The van der Waals surface area contributed by atoms with E-state index in [1.807, 2.05) is 55.5 Å². The maximum absolute atomic E-state index is 13.5. The third-order valence-electron chi connectivity index (χ3n) is 6.14. The normalized spacial score (nSPS) is 12.6. The first-order chi connectivity index (χ1) is 17.8. The average Bonchev–Trinajstić information content (AvgIpc) is 2.91. The van der Waals surface area contributed by atoms with E-state index in [2.05, 4.69) is 20.3 Å². The smallest absolute Gasteiger partial charge is 0.387 e. The summed E-state index contributed by atoms with van der Waals surface area (Å²) in [6.45, 7) is 2.60. The highest BCUT2D eigenvalue weighted by atomic mass is 19.4. The number of nitrogens with one attached hydrogen (secondary N) is 1. The number of aromatic nitrogens is 3. The lowest BCUT2D eigenvalue weighted by Crippen LogP contribution is -2.23. The molecule has 0 unspecified atom stereocenters.